The molecule has 2 saturated heterocycles. The number of fused-ring (bicyclic) bond motifs is 5. The van der Waals surface area contributed by atoms with E-state index in [1.54, 1.807) is 31.4 Å². The molecule has 0 aliphatic carbocycles. The number of carbonyl (C=O) groups is 3. The summed E-state index contributed by atoms with van der Waals surface area (Å²) in [4.78, 5) is 44.5. The van der Waals surface area contributed by atoms with Gasteiger partial charge in [0.05, 0.1) is 31.5 Å². The molecule has 3 aliphatic heterocycles. The summed E-state index contributed by atoms with van der Waals surface area (Å²) in [6.45, 7) is 0.197. The van der Waals surface area contributed by atoms with Gasteiger partial charge >= 0.3 is 0 Å². The third-order valence-electron chi connectivity index (χ3n) is 7.36. The van der Waals surface area contributed by atoms with Gasteiger partial charge in [0.1, 0.15) is 11.8 Å². The van der Waals surface area contributed by atoms with E-state index in [0.29, 0.717) is 11.4 Å². The number of rotatable bonds is 5. The lowest BCUT2D eigenvalue weighted by Gasteiger charge is -2.35. The van der Waals surface area contributed by atoms with Crippen LogP contribution in [-0.2, 0) is 20.9 Å². The van der Waals surface area contributed by atoms with Crippen LogP contribution in [0, 0.1) is 11.8 Å². The number of imide groups is 1. The summed E-state index contributed by atoms with van der Waals surface area (Å²) < 4.78 is 5.20. The highest BCUT2D eigenvalue weighted by molar-refractivity contribution is 6.10. The topological polar surface area (TPSA) is 79.0 Å². The minimum atomic E-state index is -0.816. The van der Waals surface area contributed by atoms with E-state index < -0.39 is 17.9 Å². The van der Waals surface area contributed by atoms with Crippen molar-refractivity contribution in [3.8, 4) is 5.75 Å². The van der Waals surface area contributed by atoms with Crippen LogP contribution >= 0.6 is 0 Å². The highest BCUT2D eigenvalue weighted by atomic mass is 16.5. The van der Waals surface area contributed by atoms with E-state index in [0.717, 1.165) is 16.7 Å². The number of methoxy groups -OCH3 is 1. The van der Waals surface area contributed by atoms with Gasteiger partial charge in [-0.2, -0.15) is 0 Å². The zero-order valence-corrected chi connectivity index (χ0v) is 19.7. The Bertz CT molecular complexity index is 1370. The smallest absolute Gasteiger partial charge is 0.247 e. The molecule has 36 heavy (non-hydrogen) atoms. The fourth-order valence-electron chi connectivity index (χ4n) is 5.73. The van der Waals surface area contributed by atoms with Crippen LogP contribution in [0.25, 0.3) is 6.08 Å². The van der Waals surface area contributed by atoms with Gasteiger partial charge < -0.3 is 15.0 Å². The van der Waals surface area contributed by atoms with Crippen molar-refractivity contribution in [2.24, 2.45) is 11.8 Å². The van der Waals surface area contributed by atoms with E-state index in [1.807, 2.05) is 71.8 Å². The zero-order valence-electron chi connectivity index (χ0n) is 19.7. The lowest BCUT2D eigenvalue weighted by Crippen LogP contribution is -2.46. The molecule has 0 unspecified atom stereocenters. The van der Waals surface area contributed by atoms with Crippen molar-refractivity contribution in [3.05, 3.63) is 102 Å². The first kappa shape index (κ1) is 22.1. The molecule has 180 valence electrons. The van der Waals surface area contributed by atoms with E-state index in [4.69, 9.17) is 4.74 Å². The normalized spacial score (nSPS) is 23.8. The van der Waals surface area contributed by atoms with Crippen LogP contribution in [0.15, 0.2) is 85.1 Å². The first-order valence-corrected chi connectivity index (χ1v) is 12.0. The monoisotopic (exact) mass is 479 g/mol. The quantitative estimate of drug-likeness (QED) is 0.563. The Labute approximate surface area is 209 Å². The standard InChI is InChI=1S/C29H25N3O4/c1-36-21-13-11-20(12-14-21)30-27(33)26-24-23(25-22-10-6-5-9-19(22)15-16-31(25)26)28(34)32(29(24)35)17-18-7-3-2-4-8-18/h2-16,23-26H,17H2,1H3,(H,30,33)/t23-,24+,25-,26-/m0/s1. The van der Waals surface area contributed by atoms with Crippen LogP contribution in [0.2, 0.25) is 0 Å². The summed E-state index contributed by atoms with van der Waals surface area (Å²) >= 11 is 0. The third-order valence-corrected chi connectivity index (χ3v) is 7.36. The Morgan fingerprint density at radius 1 is 0.889 bits per heavy atom. The number of benzene rings is 3. The van der Waals surface area contributed by atoms with E-state index in [-0.39, 0.29) is 30.3 Å². The maximum Gasteiger partial charge on any atom is 0.247 e. The Morgan fingerprint density at radius 2 is 1.58 bits per heavy atom. The van der Waals surface area contributed by atoms with Crippen molar-refractivity contribution in [3.63, 3.8) is 0 Å². The largest absolute Gasteiger partial charge is 0.497 e. The maximum absolute atomic E-state index is 13.8. The van der Waals surface area contributed by atoms with Crippen molar-refractivity contribution >= 4 is 29.5 Å². The van der Waals surface area contributed by atoms with Crippen LogP contribution in [0.4, 0.5) is 5.69 Å². The van der Waals surface area contributed by atoms with Crippen LogP contribution < -0.4 is 10.1 Å². The number of nitrogens with zero attached hydrogens (tertiary/aromatic N) is 2. The average molecular weight is 480 g/mol. The minimum absolute atomic E-state index is 0.197. The van der Waals surface area contributed by atoms with E-state index in [2.05, 4.69) is 5.32 Å². The maximum atomic E-state index is 13.8. The van der Waals surface area contributed by atoms with Gasteiger partial charge in [-0.15, -0.1) is 0 Å². The molecule has 3 heterocycles. The number of anilines is 1. The predicted molar refractivity (Wildman–Crippen MR) is 134 cm³/mol. The molecule has 0 aromatic heterocycles. The van der Waals surface area contributed by atoms with Gasteiger partial charge in [-0.25, -0.2) is 0 Å². The molecule has 3 aromatic carbocycles. The van der Waals surface area contributed by atoms with Crippen LogP contribution in [0.5, 0.6) is 5.75 Å². The molecule has 4 atom stereocenters. The molecule has 0 spiro atoms. The lowest BCUT2D eigenvalue weighted by atomic mass is 9.84. The van der Waals surface area contributed by atoms with E-state index >= 15 is 0 Å². The summed E-state index contributed by atoms with van der Waals surface area (Å²) in [5.74, 6) is -1.58. The highest BCUT2D eigenvalue weighted by Crippen LogP contribution is 2.52. The molecule has 0 radical (unpaired) electrons. The number of ether oxygens (including phenoxy) is 1. The summed E-state index contributed by atoms with van der Waals surface area (Å²) in [5.41, 5.74) is 3.42. The van der Waals surface area contributed by atoms with Crippen LogP contribution in [0.3, 0.4) is 0 Å². The zero-order chi connectivity index (χ0) is 24.8. The highest BCUT2D eigenvalue weighted by Gasteiger charge is 2.64. The molecule has 3 aliphatic rings. The first-order valence-electron chi connectivity index (χ1n) is 12.0. The van der Waals surface area contributed by atoms with Crippen molar-refractivity contribution in [2.45, 2.75) is 18.6 Å². The molecular formula is C29H25N3O4. The fourth-order valence-corrected chi connectivity index (χ4v) is 5.73. The van der Waals surface area contributed by atoms with Crippen molar-refractivity contribution < 1.29 is 19.1 Å². The summed E-state index contributed by atoms with van der Waals surface area (Å²) in [6, 6.07) is 23.1. The second kappa shape index (κ2) is 8.68. The number of hydrogen-bond acceptors (Lipinski definition) is 5. The molecule has 0 bridgehead atoms. The molecule has 6 rings (SSSR count). The Balaban J connectivity index is 1.37. The number of likely N-dealkylation sites (tertiary alicyclic amines) is 1. The van der Waals surface area contributed by atoms with Gasteiger partial charge in [-0.3, -0.25) is 19.3 Å². The molecule has 3 aromatic rings. The van der Waals surface area contributed by atoms with E-state index in [1.165, 1.54) is 4.90 Å². The van der Waals surface area contributed by atoms with Gasteiger partial charge in [-0.1, -0.05) is 54.6 Å². The summed E-state index contributed by atoms with van der Waals surface area (Å²) in [5, 5.41) is 2.95. The molecule has 7 heteroatoms. The molecule has 0 saturated carbocycles. The molecule has 7 nitrogen and oxygen atoms in total. The summed E-state index contributed by atoms with van der Waals surface area (Å²) in [6.07, 6.45) is 3.79. The van der Waals surface area contributed by atoms with Crippen molar-refractivity contribution in [1.82, 2.24) is 9.80 Å². The van der Waals surface area contributed by atoms with Crippen molar-refractivity contribution in [1.29, 1.82) is 0 Å². The SMILES string of the molecule is COc1ccc(NC(=O)[C@@H]2[C@@H]3C(=O)N(Cc4ccccc4)C(=O)[C@@H]3[C@@H]3c4ccccc4C=CN23)cc1. The predicted octanol–water partition coefficient (Wildman–Crippen LogP) is 3.84. The average Bonchev–Trinajstić information content (AvgIpc) is 3.38. The number of amides is 3. The second-order valence-electron chi connectivity index (χ2n) is 9.30. The minimum Gasteiger partial charge on any atom is -0.497 e. The number of nitrogens with one attached hydrogen (secondary N) is 1. The molecule has 1 N–H and O–H groups in total. The second-order valence-corrected chi connectivity index (χ2v) is 9.30. The van der Waals surface area contributed by atoms with Crippen LogP contribution in [-0.4, -0.2) is 40.7 Å². The van der Waals surface area contributed by atoms with Gasteiger partial charge in [-0.05, 0) is 47.0 Å². The van der Waals surface area contributed by atoms with Gasteiger partial charge in [0.25, 0.3) is 0 Å². The first-order chi connectivity index (χ1) is 17.6. The number of hydrogen-bond donors (Lipinski definition) is 1. The lowest BCUT2D eigenvalue weighted by molar-refractivity contribution is -0.143. The Hall–Kier alpha value is -4.39. The van der Waals surface area contributed by atoms with Gasteiger partial charge in [0, 0.05) is 11.9 Å². The Morgan fingerprint density at radius 3 is 2.33 bits per heavy atom. The molecular weight excluding hydrogens is 454 g/mol. The van der Waals surface area contributed by atoms with Crippen LogP contribution in [0.1, 0.15) is 22.7 Å². The summed E-state index contributed by atoms with van der Waals surface area (Å²) in [7, 11) is 1.58. The molecule has 3 amide bonds. The fraction of sp³-hybridized carbons (Fsp3) is 0.207. The van der Waals surface area contributed by atoms with Gasteiger partial charge in [0.2, 0.25) is 17.7 Å². The molecule has 2 fully saturated rings. The van der Waals surface area contributed by atoms with Gasteiger partial charge in [0.15, 0.2) is 0 Å². The van der Waals surface area contributed by atoms with Crippen molar-refractivity contribution in [2.75, 3.05) is 12.4 Å². The Kier molecular flexibility index (Phi) is 5.33. The number of carbonyl (C=O) groups excluding carboxylic acids is 3. The van der Waals surface area contributed by atoms with E-state index in [9.17, 15) is 14.4 Å². The third kappa shape index (κ3) is 3.47.